The quantitative estimate of drug-likeness (QED) is 0.861. The molecule has 1 fully saturated rings. The summed E-state index contributed by atoms with van der Waals surface area (Å²) in [6.45, 7) is 2.70. The van der Waals surface area contributed by atoms with Gasteiger partial charge in [0, 0.05) is 17.9 Å². The molecule has 0 aliphatic carbocycles. The third kappa shape index (κ3) is 2.40. The fraction of sp³-hybridized carbons (Fsp3) is 0.538. The van der Waals surface area contributed by atoms with E-state index in [4.69, 9.17) is 16.3 Å². The molecule has 2 atom stereocenters. The monoisotopic (exact) mass is 240 g/mol. The predicted molar refractivity (Wildman–Crippen MR) is 64.6 cm³/mol. The molecule has 0 aromatic heterocycles. The van der Waals surface area contributed by atoms with Crippen LogP contribution in [0.3, 0.4) is 0 Å². The number of halogens is 1. The van der Waals surface area contributed by atoms with Gasteiger partial charge in [-0.25, -0.2) is 0 Å². The average Bonchev–Trinajstić information content (AvgIpc) is 2.29. The number of benzene rings is 1. The number of aliphatic hydroxyl groups is 1. The highest BCUT2D eigenvalue weighted by Crippen LogP contribution is 2.35. The Morgan fingerprint density at radius 3 is 2.75 bits per heavy atom. The molecule has 0 bridgehead atoms. The van der Waals surface area contributed by atoms with Crippen molar-refractivity contribution in [2.45, 2.75) is 37.9 Å². The van der Waals surface area contributed by atoms with Crippen molar-refractivity contribution in [3.05, 3.63) is 34.9 Å². The first-order chi connectivity index (χ1) is 7.64. The fourth-order valence-electron chi connectivity index (χ4n) is 2.22. The molecule has 1 aromatic rings. The number of hydrogen-bond donors (Lipinski definition) is 1. The lowest BCUT2D eigenvalue weighted by molar-refractivity contribution is -0.108. The van der Waals surface area contributed by atoms with Crippen LogP contribution in [0.2, 0.25) is 5.02 Å². The van der Waals surface area contributed by atoms with E-state index in [1.54, 1.807) is 0 Å². The van der Waals surface area contributed by atoms with E-state index < -0.39 is 5.60 Å². The van der Waals surface area contributed by atoms with Crippen molar-refractivity contribution in [3.63, 3.8) is 0 Å². The highest BCUT2D eigenvalue weighted by atomic mass is 35.5. The van der Waals surface area contributed by atoms with Gasteiger partial charge in [0.1, 0.15) is 0 Å². The van der Waals surface area contributed by atoms with Crippen LogP contribution in [-0.4, -0.2) is 17.8 Å². The molecule has 0 radical (unpaired) electrons. The van der Waals surface area contributed by atoms with Crippen molar-refractivity contribution in [2.24, 2.45) is 0 Å². The van der Waals surface area contributed by atoms with Crippen LogP contribution >= 0.6 is 11.6 Å². The van der Waals surface area contributed by atoms with Gasteiger partial charge in [-0.1, -0.05) is 30.7 Å². The zero-order chi connectivity index (χ0) is 11.6. The molecule has 1 saturated heterocycles. The Hall–Kier alpha value is -0.570. The van der Waals surface area contributed by atoms with E-state index in [0.717, 1.165) is 12.0 Å². The van der Waals surface area contributed by atoms with Crippen molar-refractivity contribution in [1.29, 1.82) is 0 Å². The Kier molecular flexibility index (Phi) is 3.53. The summed E-state index contributed by atoms with van der Waals surface area (Å²) in [4.78, 5) is 0. The van der Waals surface area contributed by atoms with E-state index in [2.05, 4.69) is 6.92 Å². The molecule has 2 unspecified atom stereocenters. The lowest BCUT2D eigenvalue weighted by Gasteiger charge is -2.37. The van der Waals surface area contributed by atoms with Gasteiger partial charge in [0.05, 0.1) is 18.3 Å². The van der Waals surface area contributed by atoms with Gasteiger partial charge < -0.3 is 9.84 Å². The van der Waals surface area contributed by atoms with E-state index in [0.29, 0.717) is 24.5 Å². The molecule has 1 aromatic carbocycles. The zero-order valence-corrected chi connectivity index (χ0v) is 10.2. The van der Waals surface area contributed by atoms with Gasteiger partial charge in [-0.15, -0.1) is 0 Å². The zero-order valence-electron chi connectivity index (χ0n) is 9.45. The van der Waals surface area contributed by atoms with Gasteiger partial charge in [-0.2, -0.15) is 0 Å². The van der Waals surface area contributed by atoms with Crippen LogP contribution in [0, 0.1) is 0 Å². The largest absolute Gasteiger partial charge is 0.385 e. The third-order valence-corrected chi connectivity index (χ3v) is 3.52. The minimum Gasteiger partial charge on any atom is -0.385 e. The lowest BCUT2D eigenvalue weighted by atomic mass is 9.83. The van der Waals surface area contributed by atoms with Crippen LogP contribution in [0.1, 0.15) is 31.7 Å². The summed E-state index contributed by atoms with van der Waals surface area (Å²) in [7, 11) is 0. The number of ether oxygens (including phenoxy) is 1. The SMILES string of the molecule is CCC1CC(O)(c2ccc(Cl)cc2)CCO1. The van der Waals surface area contributed by atoms with Crippen LogP contribution < -0.4 is 0 Å². The Morgan fingerprint density at radius 2 is 2.12 bits per heavy atom. The Morgan fingerprint density at radius 1 is 1.44 bits per heavy atom. The Bertz CT molecular complexity index is 349. The summed E-state index contributed by atoms with van der Waals surface area (Å²) in [6, 6.07) is 7.46. The molecule has 16 heavy (non-hydrogen) atoms. The minimum atomic E-state index is -0.747. The first kappa shape index (κ1) is 11.9. The van der Waals surface area contributed by atoms with Crippen molar-refractivity contribution < 1.29 is 9.84 Å². The topological polar surface area (TPSA) is 29.5 Å². The molecule has 88 valence electrons. The molecule has 3 heteroatoms. The first-order valence-corrected chi connectivity index (χ1v) is 6.12. The van der Waals surface area contributed by atoms with Gasteiger partial charge >= 0.3 is 0 Å². The van der Waals surface area contributed by atoms with Crippen molar-refractivity contribution >= 4 is 11.6 Å². The molecule has 2 rings (SSSR count). The summed E-state index contributed by atoms with van der Waals surface area (Å²) < 4.78 is 5.58. The maximum atomic E-state index is 10.6. The van der Waals surface area contributed by atoms with E-state index in [9.17, 15) is 5.11 Å². The second kappa shape index (κ2) is 4.74. The molecule has 0 amide bonds. The summed E-state index contributed by atoms with van der Waals surface area (Å²) in [5.41, 5.74) is 0.197. The fourth-order valence-corrected chi connectivity index (χ4v) is 2.34. The molecule has 1 aliphatic heterocycles. The Balaban J connectivity index is 2.20. The maximum Gasteiger partial charge on any atom is 0.0943 e. The van der Waals surface area contributed by atoms with E-state index >= 15 is 0 Å². The average molecular weight is 241 g/mol. The van der Waals surface area contributed by atoms with Gasteiger partial charge in [0.15, 0.2) is 0 Å². The summed E-state index contributed by atoms with van der Waals surface area (Å²) in [5, 5.41) is 11.3. The normalized spacial score (nSPS) is 30.3. The van der Waals surface area contributed by atoms with E-state index in [1.165, 1.54) is 0 Å². The highest BCUT2D eigenvalue weighted by molar-refractivity contribution is 6.30. The number of rotatable bonds is 2. The molecule has 0 spiro atoms. The molecule has 2 nitrogen and oxygen atoms in total. The highest BCUT2D eigenvalue weighted by Gasteiger charge is 2.35. The van der Waals surface area contributed by atoms with Crippen molar-refractivity contribution in [2.75, 3.05) is 6.61 Å². The molecular formula is C13H17ClO2. The van der Waals surface area contributed by atoms with Gasteiger partial charge in [0.25, 0.3) is 0 Å². The Labute approximate surface area is 101 Å². The van der Waals surface area contributed by atoms with Gasteiger partial charge in [-0.3, -0.25) is 0 Å². The second-order valence-corrected chi connectivity index (χ2v) is 4.83. The van der Waals surface area contributed by atoms with E-state index in [1.807, 2.05) is 24.3 Å². The second-order valence-electron chi connectivity index (χ2n) is 4.39. The third-order valence-electron chi connectivity index (χ3n) is 3.27. The predicted octanol–water partition coefficient (Wildman–Crippen LogP) is 3.12. The summed E-state index contributed by atoms with van der Waals surface area (Å²) in [6.07, 6.45) is 2.43. The molecule has 1 N–H and O–H groups in total. The summed E-state index contributed by atoms with van der Waals surface area (Å²) >= 11 is 5.85. The number of hydrogen-bond acceptors (Lipinski definition) is 2. The molecule has 1 aliphatic rings. The minimum absolute atomic E-state index is 0.162. The smallest absolute Gasteiger partial charge is 0.0943 e. The van der Waals surface area contributed by atoms with Crippen molar-refractivity contribution in [3.8, 4) is 0 Å². The van der Waals surface area contributed by atoms with Crippen LogP contribution in [0.4, 0.5) is 0 Å². The van der Waals surface area contributed by atoms with E-state index in [-0.39, 0.29) is 6.10 Å². The first-order valence-electron chi connectivity index (χ1n) is 5.74. The van der Waals surface area contributed by atoms with Crippen LogP contribution in [0.15, 0.2) is 24.3 Å². The van der Waals surface area contributed by atoms with Crippen LogP contribution in [0.5, 0.6) is 0 Å². The standard InChI is InChI=1S/C13H17ClO2/c1-2-12-9-13(15,7-8-16-12)10-3-5-11(14)6-4-10/h3-6,12,15H,2,7-9H2,1H3. The van der Waals surface area contributed by atoms with Crippen LogP contribution in [-0.2, 0) is 10.3 Å². The lowest BCUT2D eigenvalue weighted by Crippen LogP contribution is -2.38. The molecular weight excluding hydrogens is 224 g/mol. The van der Waals surface area contributed by atoms with Crippen LogP contribution in [0.25, 0.3) is 0 Å². The molecule has 1 heterocycles. The summed E-state index contributed by atoms with van der Waals surface area (Å²) in [5.74, 6) is 0. The maximum absolute atomic E-state index is 10.6. The van der Waals surface area contributed by atoms with Gasteiger partial charge in [-0.05, 0) is 24.1 Å². The molecule has 0 saturated carbocycles. The van der Waals surface area contributed by atoms with Gasteiger partial charge in [0.2, 0.25) is 0 Å². The van der Waals surface area contributed by atoms with Crippen molar-refractivity contribution in [1.82, 2.24) is 0 Å².